The lowest BCUT2D eigenvalue weighted by atomic mass is 10.0. The van der Waals surface area contributed by atoms with Gasteiger partial charge in [-0.1, -0.05) is 12.7 Å². The topological polar surface area (TPSA) is 55.8 Å². The van der Waals surface area contributed by atoms with Crippen molar-refractivity contribution < 1.29 is 19.1 Å². The Labute approximate surface area is 120 Å². The molecular formula is C15H23NO4. The van der Waals surface area contributed by atoms with Crippen molar-refractivity contribution in [2.45, 2.75) is 39.7 Å². The Hall–Kier alpha value is -1.78. The van der Waals surface area contributed by atoms with Crippen LogP contribution in [0.15, 0.2) is 23.8 Å². The van der Waals surface area contributed by atoms with Crippen LogP contribution in [-0.2, 0) is 14.3 Å². The van der Waals surface area contributed by atoms with Gasteiger partial charge in [0.1, 0.15) is 5.60 Å². The highest BCUT2D eigenvalue weighted by molar-refractivity contribution is 5.90. The molecule has 0 aromatic carbocycles. The summed E-state index contributed by atoms with van der Waals surface area (Å²) in [4.78, 5) is 25.4. The summed E-state index contributed by atoms with van der Waals surface area (Å²) in [5, 5.41) is 0. The molecule has 0 fully saturated rings. The number of hydrogen-bond donors (Lipinski definition) is 0. The summed E-state index contributed by atoms with van der Waals surface area (Å²) in [7, 11) is 0. The van der Waals surface area contributed by atoms with E-state index in [-0.39, 0.29) is 12.1 Å². The minimum absolute atomic E-state index is 0.326. The van der Waals surface area contributed by atoms with Gasteiger partial charge in [-0.15, -0.1) is 0 Å². The zero-order chi connectivity index (χ0) is 15.3. The van der Waals surface area contributed by atoms with E-state index in [4.69, 9.17) is 9.47 Å². The van der Waals surface area contributed by atoms with E-state index in [1.54, 1.807) is 17.9 Å². The van der Waals surface area contributed by atoms with E-state index in [9.17, 15) is 9.59 Å². The summed E-state index contributed by atoms with van der Waals surface area (Å²) in [6.07, 6.45) is 1.68. The highest BCUT2D eigenvalue weighted by Gasteiger charge is 2.28. The van der Waals surface area contributed by atoms with E-state index in [0.29, 0.717) is 31.7 Å². The fourth-order valence-corrected chi connectivity index (χ4v) is 1.91. The first-order valence-corrected chi connectivity index (χ1v) is 6.78. The molecule has 20 heavy (non-hydrogen) atoms. The van der Waals surface area contributed by atoms with Gasteiger partial charge in [0.05, 0.1) is 6.61 Å². The van der Waals surface area contributed by atoms with Crippen molar-refractivity contribution in [3.63, 3.8) is 0 Å². The first kappa shape index (κ1) is 16.3. The van der Waals surface area contributed by atoms with Crippen LogP contribution >= 0.6 is 0 Å². The van der Waals surface area contributed by atoms with Crippen LogP contribution in [0, 0.1) is 0 Å². The molecule has 1 rings (SSSR count). The molecule has 0 aliphatic carbocycles. The van der Waals surface area contributed by atoms with Gasteiger partial charge in [-0.05, 0) is 39.7 Å². The molecule has 0 radical (unpaired) electrons. The van der Waals surface area contributed by atoms with E-state index in [2.05, 4.69) is 6.58 Å². The maximum absolute atomic E-state index is 12.0. The van der Waals surface area contributed by atoms with E-state index < -0.39 is 5.60 Å². The average Bonchev–Trinajstić information content (AvgIpc) is 2.36. The number of carbonyl (C=O) groups excluding carboxylic acids is 2. The Balaban J connectivity index is 2.80. The summed E-state index contributed by atoms with van der Waals surface area (Å²) in [6.45, 7) is 12.0. The lowest BCUT2D eigenvalue weighted by molar-refractivity contribution is -0.138. The number of nitrogens with zero attached hydrogens (tertiary/aromatic N) is 1. The molecule has 1 amide bonds. The van der Waals surface area contributed by atoms with Gasteiger partial charge in [-0.3, -0.25) is 0 Å². The molecule has 0 bridgehead atoms. The van der Waals surface area contributed by atoms with Gasteiger partial charge in [-0.2, -0.15) is 0 Å². The first-order chi connectivity index (χ1) is 9.28. The SMILES string of the molecule is C=CC1=C(C(=O)OCC)CCN(C(=O)OC(C)(C)C)C1. The first-order valence-electron chi connectivity index (χ1n) is 6.78. The van der Waals surface area contributed by atoms with Crippen molar-refractivity contribution in [2.24, 2.45) is 0 Å². The van der Waals surface area contributed by atoms with E-state index in [1.807, 2.05) is 20.8 Å². The van der Waals surface area contributed by atoms with Crippen LogP contribution in [-0.4, -0.2) is 42.3 Å². The van der Waals surface area contributed by atoms with Gasteiger partial charge < -0.3 is 14.4 Å². The van der Waals surface area contributed by atoms with Gasteiger partial charge in [0.25, 0.3) is 0 Å². The lowest BCUT2D eigenvalue weighted by Gasteiger charge is -2.31. The Morgan fingerprint density at radius 1 is 1.40 bits per heavy atom. The summed E-state index contributed by atoms with van der Waals surface area (Å²) < 4.78 is 10.3. The number of hydrogen-bond acceptors (Lipinski definition) is 4. The number of amides is 1. The average molecular weight is 281 g/mol. The molecule has 0 aromatic rings. The Morgan fingerprint density at radius 2 is 2.05 bits per heavy atom. The number of carbonyl (C=O) groups is 2. The van der Waals surface area contributed by atoms with Gasteiger partial charge in [0.15, 0.2) is 0 Å². The highest BCUT2D eigenvalue weighted by atomic mass is 16.6. The molecule has 0 spiro atoms. The third-order valence-corrected chi connectivity index (χ3v) is 2.80. The molecule has 112 valence electrons. The van der Waals surface area contributed by atoms with Crippen LogP contribution in [0.2, 0.25) is 0 Å². The lowest BCUT2D eigenvalue weighted by Crippen LogP contribution is -2.41. The van der Waals surface area contributed by atoms with Gasteiger partial charge in [0, 0.05) is 18.7 Å². The van der Waals surface area contributed by atoms with Crippen molar-refractivity contribution in [1.82, 2.24) is 4.90 Å². The largest absolute Gasteiger partial charge is 0.463 e. The Bertz CT molecular complexity index is 432. The van der Waals surface area contributed by atoms with Crippen molar-refractivity contribution in [3.8, 4) is 0 Å². The second-order valence-corrected chi connectivity index (χ2v) is 5.58. The second kappa shape index (κ2) is 6.59. The zero-order valence-corrected chi connectivity index (χ0v) is 12.7. The molecule has 0 aromatic heterocycles. The van der Waals surface area contributed by atoms with Gasteiger partial charge >= 0.3 is 12.1 Å². The molecule has 1 heterocycles. The number of esters is 1. The summed E-state index contributed by atoms with van der Waals surface area (Å²) >= 11 is 0. The number of ether oxygens (including phenoxy) is 2. The van der Waals surface area contributed by atoms with Crippen LogP contribution in [0.4, 0.5) is 4.79 Å². The molecule has 5 heteroatoms. The van der Waals surface area contributed by atoms with Crippen LogP contribution in [0.3, 0.4) is 0 Å². The predicted octanol–water partition coefficient (Wildman–Crippen LogP) is 2.67. The third kappa shape index (κ3) is 4.40. The normalized spacial score (nSPS) is 15.9. The molecule has 1 aliphatic heterocycles. The van der Waals surface area contributed by atoms with Crippen LogP contribution < -0.4 is 0 Å². The van der Waals surface area contributed by atoms with E-state index >= 15 is 0 Å². The summed E-state index contributed by atoms with van der Waals surface area (Å²) in [5.41, 5.74) is 0.790. The number of rotatable bonds is 3. The molecule has 0 saturated heterocycles. The van der Waals surface area contributed by atoms with Crippen LogP contribution in [0.5, 0.6) is 0 Å². The summed E-state index contributed by atoms with van der Waals surface area (Å²) in [6, 6.07) is 0. The van der Waals surface area contributed by atoms with Crippen LogP contribution in [0.1, 0.15) is 34.1 Å². The quantitative estimate of drug-likeness (QED) is 0.746. The maximum atomic E-state index is 12.0. The maximum Gasteiger partial charge on any atom is 0.410 e. The molecule has 0 N–H and O–H groups in total. The molecular weight excluding hydrogens is 258 g/mol. The Kier molecular flexibility index (Phi) is 5.36. The zero-order valence-electron chi connectivity index (χ0n) is 12.7. The fourth-order valence-electron chi connectivity index (χ4n) is 1.91. The van der Waals surface area contributed by atoms with Crippen molar-refractivity contribution >= 4 is 12.1 Å². The fraction of sp³-hybridized carbons (Fsp3) is 0.600. The van der Waals surface area contributed by atoms with Crippen molar-refractivity contribution in [3.05, 3.63) is 23.8 Å². The summed E-state index contributed by atoms with van der Waals surface area (Å²) in [5.74, 6) is -0.328. The standard InChI is InChI=1S/C15H23NO4/c1-6-11-10-16(14(18)20-15(3,4)5)9-8-12(11)13(17)19-7-2/h6H,1,7-10H2,2-5H3. The van der Waals surface area contributed by atoms with Gasteiger partial charge in [-0.25, -0.2) is 9.59 Å². The van der Waals surface area contributed by atoms with Crippen molar-refractivity contribution in [1.29, 1.82) is 0 Å². The minimum atomic E-state index is -0.531. The van der Waals surface area contributed by atoms with E-state index in [0.717, 1.165) is 5.57 Å². The molecule has 0 atom stereocenters. The van der Waals surface area contributed by atoms with Crippen LogP contribution in [0.25, 0.3) is 0 Å². The molecule has 5 nitrogen and oxygen atoms in total. The van der Waals surface area contributed by atoms with E-state index in [1.165, 1.54) is 0 Å². The molecule has 0 saturated carbocycles. The second-order valence-electron chi connectivity index (χ2n) is 5.58. The smallest absolute Gasteiger partial charge is 0.410 e. The monoisotopic (exact) mass is 281 g/mol. The van der Waals surface area contributed by atoms with Crippen molar-refractivity contribution in [2.75, 3.05) is 19.7 Å². The molecule has 0 unspecified atom stereocenters. The highest BCUT2D eigenvalue weighted by Crippen LogP contribution is 2.22. The molecule has 1 aliphatic rings. The Morgan fingerprint density at radius 3 is 2.55 bits per heavy atom. The predicted molar refractivity (Wildman–Crippen MR) is 76.3 cm³/mol. The minimum Gasteiger partial charge on any atom is -0.463 e. The third-order valence-electron chi connectivity index (χ3n) is 2.80. The van der Waals surface area contributed by atoms with Gasteiger partial charge in [0.2, 0.25) is 0 Å².